The lowest BCUT2D eigenvalue weighted by Crippen LogP contribution is -2.66. The minimum absolute atomic E-state index is 1.06. The van der Waals surface area contributed by atoms with E-state index in [9.17, 15) is 0 Å². The minimum Gasteiger partial charge on any atom is -0.0915 e. The maximum absolute atomic E-state index is 2.47. The molecule has 0 aliphatic rings. The van der Waals surface area contributed by atoms with Crippen LogP contribution >= 0.6 is 0 Å². The van der Waals surface area contributed by atoms with Gasteiger partial charge in [-0.05, 0) is 27.6 Å². The first-order valence-corrected chi connectivity index (χ1v) is 15.8. The van der Waals surface area contributed by atoms with Crippen LogP contribution in [0.15, 0.2) is 103 Å². The van der Waals surface area contributed by atoms with Crippen LogP contribution in [-0.2, 0) is 0 Å². The summed E-state index contributed by atoms with van der Waals surface area (Å²) in [4.78, 5) is 0. The molecule has 0 fully saturated rings. The smallest absolute Gasteiger partial charge is 0.0915 e. The molecule has 2 heteroatoms. The molecule has 0 aliphatic carbocycles. The normalized spacial score (nSPS) is 12.4. The Morgan fingerprint density at radius 3 is 1.19 bits per heavy atom. The molecule has 0 unspecified atom stereocenters. The summed E-state index contributed by atoms with van der Waals surface area (Å²) in [6.07, 6.45) is 4.92. The van der Waals surface area contributed by atoms with Gasteiger partial charge in [0.2, 0.25) is 0 Å². The van der Waals surface area contributed by atoms with Crippen LogP contribution in [0.25, 0.3) is 0 Å². The molecule has 3 rings (SSSR count). The molecule has 0 atom stereocenters. The molecule has 0 aliphatic heterocycles. The maximum atomic E-state index is 2.47. The zero-order chi connectivity index (χ0) is 19.2. The molecule has 0 amide bonds. The molecule has 138 valence electrons. The van der Waals surface area contributed by atoms with Crippen molar-refractivity contribution in [1.29, 1.82) is 0 Å². The fourth-order valence-electron chi connectivity index (χ4n) is 3.72. The van der Waals surface area contributed by atoms with Gasteiger partial charge in [0, 0.05) is 8.07 Å². The number of rotatable bonds is 7. The Labute approximate surface area is 166 Å². The Balaban J connectivity index is 2.14. The van der Waals surface area contributed by atoms with E-state index in [1.165, 1.54) is 21.6 Å². The summed E-state index contributed by atoms with van der Waals surface area (Å²) in [5.41, 5.74) is 0. The summed E-state index contributed by atoms with van der Waals surface area (Å²) in [5.74, 6) is 0. The summed E-state index contributed by atoms with van der Waals surface area (Å²) < 4.78 is 0. The number of hydrogen-bond donors (Lipinski definition) is 0. The molecule has 0 spiro atoms. The highest BCUT2D eigenvalue weighted by Crippen LogP contribution is 2.16. The Bertz CT molecular complexity index is 750. The SMILES string of the molecule is C[Si](C)(C)C/C=C/C[Si](c1ccccc1)(c1ccccc1)c1ccccc1. The van der Waals surface area contributed by atoms with Crippen LogP contribution in [0, 0.1) is 0 Å². The predicted octanol–water partition coefficient (Wildman–Crippen LogP) is 5.05. The van der Waals surface area contributed by atoms with Crippen LogP contribution in [-0.4, -0.2) is 16.1 Å². The van der Waals surface area contributed by atoms with E-state index in [4.69, 9.17) is 0 Å². The van der Waals surface area contributed by atoms with Gasteiger partial charge < -0.3 is 0 Å². The van der Waals surface area contributed by atoms with Gasteiger partial charge in [0.1, 0.15) is 0 Å². The molecular formula is C25H30Si2. The minimum atomic E-state index is -2.09. The monoisotopic (exact) mass is 386 g/mol. The van der Waals surface area contributed by atoms with Crippen molar-refractivity contribution in [2.24, 2.45) is 0 Å². The van der Waals surface area contributed by atoms with Crippen molar-refractivity contribution in [3.8, 4) is 0 Å². The molecule has 0 radical (unpaired) electrons. The molecule has 0 saturated heterocycles. The fraction of sp³-hybridized carbons (Fsp3) is 0.200. The third-order valence-corrected chi connectivity index (χ3v) is 11.4. The van der Waals surface area contributed by atoms with Crippen LogP contribution < -0.4 is 15.6 Å². The van der Waals surface area contributed by atoms with Gasteiger partial charge in [0.05, 0.1) is 0 Å². The predicted molar refractivity (Wildman–Crippen MR) is 126 cm³/mol. The van der Waals surface area contributed by atoms with Crippen molar-refractivity contribution in [1.82, 2.24) is 0 Å². The lowest BCUT2D eigenvalue weighted by Gasteiger charge is -2.33. The van der Waals surface area contributed by atoms with E-state index in [-0.39, 0.29) is 0 Å². The summed E-state index contributed by atoms with van der Waals surface area (Å²) in [6.45, 7) is 7.31. The van der Waals surface area contributed by atoms with Gasteiger partial charge in [-0.1, -0.05) is 123 Å². The first-order chi connectivity index (χ1) is 13.0. The van der Waals surface area contributed by atoms with E-state index in [1.807, 2.05) is 0 Å². The third-order valence-electron chi connectivity index (χ3n) is 5.12. The number of allylic oxidation sites excluding steroid dienone is 2. The summed E-state index contributed by atoms with van der Waals surface area (Å²) in [7, 11) is -3.15. The van der Waals surface area contributed by atoms with Gasteiger partial charge >= 0.3 is 0 Å². The van der Waals surface area contributed by atoms with Crippen molar-refractivity contribution in [2.75, 3.05) is 0 Å². The Hall–Kier alpha value is -2.17. The Morgan fingerprint density at radius 1 is 0.519 bits per heavy atom. The zero-order valence-electron chi connectivity index (χ0n) is 16.7. The van der Waals surface area contributed by atoms with E-state index in [0.717, 1.165) is 6.04 Å². The average molecular weight is 387 g/mol. The summed E-state index contributed by atoms with van der Waals surface area (Å²) >= 11 is 0. The molecular weight excluding hydrogens is 356 g/mol. The van der Waals surface area contributed by atoms with Crippen molar-refractivity contribution in [3.05, 3.63) is 103 Å². The number of benzene rings is 3. The first kappa shape index (κ1) is 19.6. The van der Waals surface area contributed by atoms with Gasteiger partial charge in [-0.25, -0.2) is 0 Å². The second-order valence-electron chi connectivity index (χ2n) is 8.44. The molecule has 0 nitrogen and oxygen atoms in total. The van der Waals surface area contributed by atoms with Crippen LogP contribution in [0.3, 0.4) is 0 Å². The van der Waals surface area contributed by atoms with E-state index in [2.05, 4.69) is 123 Å². The van der Waals surface area contributed by atoms with Crippen LogP contribution in [0.5, 0.6) is 0 Å². The lowest BCUT2D eigenvalue weighted by molar-refractivity contribution is 1.46. The van der Waals surface area contributed by atoms with Gasteiger partial charge in [-0.3, -0.25) is 0 Å². The van der Waals surface area contributed by atoms with Crippen molar-refractivity contribution in [2.45, 2.75) is 31.7 Å². The van der Waals surface area contributed by atoms with E-state index in [0.29, 0.717) is 0 Å². The van der Waals surface area contributed by atoms with Crippen LogP contribution in [0.1, 0.15) is 0 Å². The molecule has 3 aromatic rings. The zero-order valence-corrected chi connectivity index (χ0v) is 18.7. The van der Waals surface area contributed by atoms with Crippen molar-refractivity contribution in [3.63, 3.8) is 0 Å². The summed E-state index contributed by atoms with van der Waals surface area (Å²) in [5, 5.41) is 4.46. The maximum Gasteiger partial charge on any atom is 0.151 e. The molecule has 0 heterocycles. The van der Waals surface area contributed by atoms with Crippen LogP contribution in [0.4, 0.5) is 0 Å². The molecule has 27 heavy (non-hydrogen) atoms. The molecule has 3 aromatic carbocycles. The topological polar surface area (TPSA) is 0 Å². The van der Waals surface area contributed by atoms with Crippen LogP contribution in [0.2, 0.25) is 31.7 Å². The van der Waals surface area contributed by atoms with Gasteiger partial charge in [0.25, 0.3) is 0 Å². The standard InChI is InChI=1S/C25H30Si2/c1-26(2,3)21-13-14-22-27(23-15-7-4-8-16-23,24-17-9-5-10-18-24)25-19-11-6-12-20-25/h4-20H,21-22H2,1-3H3/b14-13+. The Kier molecular flexibility index (Phi) is 6.30. The molecule has 0 aromatic heterocycles. The largest absolute Gasteiger partial charge is 0.151 e. The van der Waals surface area contributed by atoms with Gasteiger partial charge in [0.15, 0.2) is 8.07 Å². The highest BCUT2D eigenvalue weighted by Gasteiger charge is 2.37. The van der Waals surface area contributed by atoms with Crippen molar-refractivity contribution >= 4 is 31.7 Å². The Morgan fingerprint density at radius 2 is 0.852 bits per heavy atom. The first-order valence-electron chi connectivity index (χ1n) is 9.84. The second-order valence-corrected chi connectivity index (χ2v) is 17.9. The lowest BCUT2D eigenvalue weighted by atomic mass is 10.3. The molecule has 0 N–H and O–H groups in total. The quantitative estimate of drug-likeness (QED) is 0.303. The molecule has 0 bridgehead atoms. The van der Waals surface area contributed by atoms with Gasteiger partial charge in [-0.15, -0.1) is 0 Å². The van der Waals surface area contributed by atoms with E-state index < -0.39 is 16.1 Å². The summed E-state index contributed by atoms with van der Waals surface area (Å²) in [6, 6.07) is 35.9. The average Bonchev–Trinajstić information content (AvgIpc) is 2.70. The highest BCUT2D eigenvalue weighted by atomic mass is 28.3. The fourth-order valence-corrected chi connectivity index (χ4v) is 9.10. The number of hydrogen-bond acceptors (Lipinski definition) is 0. The van der Waals surface area contributed by atoms with E-state index >= 15 is 0 Å². The highest BCUT2D eigenvalue weighted by molar-refractivity contribution is 7.11. The third kappa shape index (κ3) is 4.76. The van der Waals surface area contributed by atoms with Crippen molar-refractivity contribution < 1.29 is 0 Å². The van der Waals surface area contributed by atoms with Gasteiger partial charge in [-0.2, -0.15) is 0 Å². The van der Waals surface area contributed by atoms with E-state index in [1.54, 1.807) is 0 Å². The molecule has 0 saturated carbocycles. The second kappa shape index (κ2) is 8.68.